The van der Waals surface area contributed by atoms with E-state index in [-0.39, 0.29) is 11.1 Å². The van der Waals surface area contributed by atoms with Crippen LogP contribution in [0.3, 0.4) is 0 Å². The average molecular weight is 335 g/mol. The molecule has 0 aliphatic heterocycles. The Morgan fingerprint density at radius 1 is 1.17 bits per heavy atom. The molecular formula is C19H30O3Si. The van der Waals surface area contributed by atoms with Gasteiger partial charge in [0, 0.05) is 6.42 Å². The predicted molar refractivity (Wildman–Crippen MR) is 98.2 cm³/mol. The van der Waals surface area contributed by atoms with Gasteiger partial charge in [-0.3, -0.25) is 0 Å². The zero-order valence-electron chi connectivity index (χ0n) is 15.3. The van der Waals surface area contributed by atoms with Crippen molar-refractivity contribution in [2.45, 2.75) is 58.0 Å². The highest BCUT2D eigenvalue weighted by molar-refractivity contribution is 6.74. The van der Waals surface area contributed by atoms with Crippen molar-refractivity contribution in [2.75, 3.05) is 13.7 Å². The van der Waals surface area contributed by atoms with Gasteiger partial charge in [-0.15, -0.1) is 6.42 Å². The molecule has 0 aliphatic rings. The molecule has 0 fully saturated rings. The molecule has 128 valence electrons. The van der Waals surface area contributed by atoms with Gasteiger partial charge in [-0.1, -0.05) is 38.8 Å². The Bertz CT molecular complexity index is 509. The smallest absolute Gasteiger partial charge is 0.193 e. The minimum atomic E-state index is -1.84. The van der Waals surface area contributed by atoms with Gasteiger partial charge < -0.3 is 13.9 Å². The molecule has 0 radical (unpaired) electrons. The Morgan fingerprint density at radius 2 is 1.78 bits per heavy atom. The molecule has 4 heteroatoms. The number of hydrogen-bond donors (Lipinski definition) is 0. The zero-order chi connectivity index (χ0) is 17.5. The highest BCUT2D eigenvalue weighted by atomic mass is 28.4. The Morgan fingerprint density at radius 3 is 2.26 bits per heavy atom. The molecule has 3 nitrogen and oxygen atoms in total. The van der Waals surface area contributed by atoms with Crippen molar-refractivity contribution in [2.24, 2.45) is 0 Å². The number of hydrogen-bond acceptors (Lipinski definition) is 3. The van der Waals surface area contributed by atoms with Crippen LogP contribution in [0.5, 0.6) is 5.75 Å². The first-order valence-corrected chi connectivity index (χ1v) is 10.9. The van der Waals surface area contributed by atoms with Gasteiger partial charge in [0.2, 0.25) is 0 Å². The summed E-state index contributed by atoms with van der Waals surface area (Å²) in [4.78, 5) is 0. The van der Waals surface area contributed by atoms with Crippen LogP contribution in [0, 0.1) is 12.3 Å². The van der Waals surface area contributed by atoms with Crippen molar-refractivity contribution < 1.29 is 13.9 Å². The van der Waals surface area contributed by atoms with E-state index in [1.807, 2.05) is 24.3 Å². The van der Waals surface area contributed by atoms with E-state index < -0.39 is 8.32 Å². The van der Waals surface area contributed by atoms with Crippen LogP contribution in [-0.4, -0.2) is 28.1 Å². The second-order valence-corrected chi connectivity index (χ2v) is 12.0. The number of benzene rings is 1. The molecule has 0 amide bonds. The van der Waals surface area contributed by atoms with E-state index in [4.69, 9.17) is 20.3 Å². The van der Waals surface area contributed by atoms with Gasteiger partial charge >= 0.3 is 0 Å². The molecule has 0 heterocycles. The molecule has 0 bridgehead atoms. The number of rotatable bonds is 8. The van der Waals surface area contributed by atoms with E-state index in [1.165, 1.54) is 0 Å². The number of terminal acetylenes is 1. The van der Waals surface area contributed by atoms with E-state index in [0.29, 0.717) is 13.2 Å². The molecule has 0 saturated carbocycles. The van der Waals surface area contributed by atoms with Crippen molar-refractivity contribution in [1.82, 2.24) is 0 Å². The third kappa shape index (κ3) is 6.38. The van der Waals surface area contributed by atoms with Crippen molar-refractivity contribution in [3.05, 3.63) is 29.8 Å². The lowest BCUT2D eigenvalue weighted by atomic mass is 10.2. The minimum absolute atomic E-state index is 0.159. The van der Waals surface area contributed by atoms with Crippen molar-refractivity contribution in [3.63, 3.8) is 0 Å². The Hall–Kier alpha value is -1.28. The van der Waals surface area contributed by atoms with E-state index in [9.17, 15) is 0 Å². The van der Waals surface area contributed by atoms with Crippen LogP contribution < -0.4 is 4.74 Å². The van der Waals surface area contributed by atoms with E-state index >= 15 is 0 Å². The maximum Gasteiger partial charge on any atom is 0.193 e. The lowest BCUT2D eigenvalue weighted by molar-refractivity contribution is 0.0929. The van der Waals surface area contributed by atoms with Crippen LogP contribution >= 0.6 is 0 Å². The highest BCUT2D eigenvalue weighted by Gasteiger charge is 2.38. The second-order valence-electron chi connectivity index (χ2n) is 7.22. The molecule has 1 aromatic carbocycles. The van der Waals surface area contributed by atoms with Gasteiger partial charge in [0.05, 0.1) is 20.3 Å². The summed E-state index contributed by atoms with van der Waals surface area (Å²) < 4.78 is 17.1. The maximum absolute atomic E-state index is 6.24. The van der Waals surface area contributed by atoms with Gasteiger partial charge in [-0.2, -0.15) is 0 Å². The third-order valence-corrected chi connectivity index (χ3v) is 8.87. The van der Waals surface area contributed by atoms with Crippen LogP contribution in [0.15, 0.2) is 24.3 Å². The first-order chi connectivity index (χ1) is 10.7. The average Bonchev–Trinajstić information content (AvgIpc) is 2.49. The zero-order valence-corrected chi connectivity index (χ0v) is 16.3. The highest BCUT2D eigenvalue weighted by Crippen LogP contribution is 2.37. The predicted octanol–water partition coefficient (Wildman–Crippen LogP) is 4.63. The van der Waals surface area contributed by atoms with Crippen molar-refractivity contribution >= 4 is 8.32 Å². The van der Waals surface area contributed by atoms with Crippen LogP contribution in [0.1, 0.15) is 32.8 Å². The maximum atomic E-state index is 6.24. The molecule has 1 rings (SSSR count). The summed E-state index contributed by atoms with van der Waals surface area (Å²) in [7, 11) is -0.175. The lowest BCUT2D eigenvalue weighted by Crippen LogP contribution is -2.43. The summed E-state index contributed by atoms with van der Waals surface area (Å²) >= 11 is 0. The van der Waals surface area contributed by atoms with E-state index in [1.54, 1.807) is 7.11 Å². The third-order valence-electron chi connectivity index (χ3n) is 4.38. The summed E-state index contributed by atoms with van der Waals surface area (Å²) in [6.07, 6.45) is 6.17. The van der Waals surface area contributed by atoms with Crippen LogP contribution in [0.2, 0.25) is 18.1 Å². The summed E-state index contributed by atoms with van der Waals surface area (Å²) in [6.45, 7) is 12.2. The van der Waals surface area contributed by atoms with Gasteiger partial charge in [-0.05, 0) is 35.8 Å². The molecule has 0 aromatic heterocycles. The minimum Gasteiger partial charge on any atom is -0.497 e. The second kappa shape index (κ2) is 8.54. The Kier molecular flexibility index (Phi) is 7.33. The van der Waals surface area contributed by atoms with Crippen LogP contribution in [0.25, 0.3) is 0 Å². The van der Waals surface area contributed by atoms with Crippen LogP contribution in [-0.2, 0) is 15.8 Å². The topological polar surface area (TPSA) is 27.7 Å². The first kappa shape index (κ1) is 19.8. The summed E-state index contributed by atoms with van der Waals surface area (Å²) in [6, 6.07) is 7.88. The summed E-state index contributed by atoms with van der Waals surface area (Å²) in [5.41, 5.74) is 1.12. The Balaban J connectivity index is 2.39. The largest absolute Gasteiger partial charge is 0.497 e. The van der Waals surface area contributed by atoms with Crippen LogP contribution in [0.4, 0.5) is 0 Å². The number of methoxy groups -OCH3 is 1. The summed E-state index contributed by atoms with van der Waals surface area (Å²) in [5, 5.41) is 0.159. The molecule has 0 spiro atoms. The quantitative estimate of drug-likeness (QED) is 0.394. The first-order valence-electron chi connectivity index (χ1n) is 8.04. The summed E-state index contributed by atoms with van der Waals surface area (Å²) in [5.74, 6) is 3.61. The van der Waals surface area contributed by atoms with Crippen molar-refractivity contribution in [3.8, 4) is 18.1 Å². The SMILES string of the molecule is C#C[C@@H](CCOCc1ccc(OC)cc1)O[Si](C)(C)C(C)(C)C. The van der Waals surface area contributed by atoms with E-state index in [2.05, 4.69) is 39.8 Å². The monoisotopic (exact) mass is 334 g/mol. The van der Waals surface area contributed by atoms with Gasteiger partial charge in [0.15, 0.2) is 8.32 Å². The molecule has 0 N–H and O–H groups in total. The molecule has 23 heavy (non-hydrogen) atoms. The fraction of sp³-hybridized carbons (Fsp3) is 0.579. The Labute approximate surface area is 142 Å². The molecule has 1 atom stereocenters. The number of ether oxygens (including phenoxy) is 2. The molecule has 1 aromatic rings. The fourth-order valence-corrected chi connectivity index (χ4v) is 3.06. The van der Waals surface area contributed by atoms with Gasteiger partial charge in [-0.25, -0.2) is 0 Å². The van der Waals surface area contributed by atoms with Gasteiger partial charge in [0.25, 0.3) is 0 Å². The lowest BCUT2D eigenvalue weighted by Gasteiger charge is -2.38. The molecule has 0 unspecified atom stereocenters. The fourth-order valence-electron chi connectivity index (χ4n) is 1.81. The van der Waals surface area contributed by atoms with Crippen molar-refractivity contribution in [1.29, 1.82) is 0 Å². The molecule has 0 saturated heterocycles. The van der Waals surface area contributed by atoms with E-state index in [0.717, 1.165) is 17.7 Å². The normalized spacial score (nSPS) is 13.4. The molecule has 0 aliphatic carbocycles. The van der Waals surface area contributed by atoms with Gasteiger partial charge in [0.1, 0.15) is 11.9 Å². The molecular weight excluding hydrogens is 304 g/mol. The standard InChI is InChI=1S/C19H30O3Si/c1-8-17(22-23(6,7)19(2,3)4)13-14-21-15-16-9-11-18(20-5)12-10-16/h1,9-12,17H,13-15H2,2-7H3/t17-/m0/s1.